The van der Waals surface area contributed by atoms with Crippen LogP contribution < -0.4 is 11.1 Å². The summed E-state index contributed by atoms with van der Waals surface area (Å²) in [6, 6.07) is 7.94. The van der Waals surface area contributed by atoms with E-state index in [1.807, 2.05) is 24.3 Å². The van der Waals surface area contributed by atoms with Crippen molar-refractivity contribution in [3.63, 3.8) is 0 Å². The highest BCUT2D eigenvalue weighted by Gasteiger charge is 2.27. The minimum Gasteiger partial charge on any atom is -0.353 e. The molecule has 1 aromatic heterocycles. The first-order valence-electron chi connectivity index (χ1n) is 7.21. The molecule has 1 saturated carbocycles. The largest absolute Gasteiger partial charge is 0.353 e. The molecular weight excluding hydrogens is 286 g/mol. The van der Waals surface area contributed by atoms with E-state index in [4.69, 9.17) is 17.3 Å². The Kier molecular flexibility index (Phi) is 4.08. The molecule has 1 aromatic carbocycles. The Morgan fingerprint density at radius 2 is 2.24 bits per heavy atom. The third-order valence-electron chi connectivity index (χ3n) is 3.85. The van der Waals surface area contributed by atoms with Crippen LogP contribution in [0.2, 0.25) is 5.02 Å². The normalized spacial score (nSPS) is 15.9. The van der Waals surface area contributed by atoms with E-state index in [1.54, 1.807) is 6.20 Å². The van der Waals surface area contributed by atoms with Crippen molar-refractivity contribution in [1.29, 1.82) is 0 Å². The Balaban J connectivity index is 1.85. The maximum Gasteiger partial charge on any atom is 0.224 e. The second-order valence-corrected chi connectivity index (χ2v) is 5.93. The summed E-state index contributed by atoms with van der Waals surface area (Å²) in [5, 5.41) is 4.61. The average Bonchev–Trinajstić information content (AvgIpc) is 3.31. The zero-order valence-corrected chi connectivity index (χ0v) is 12.4. The van der Waals surface area contributed by atoms with Crippen molar-refractivity contribution in [3.8, 4) is 0 Å². The number of pyridine rings is 1. The summed E-state index contributed by atoms with van der Waals surface area (Å²) in [7, 11) is 0. The molecule has 2 aromatic rings. The summed E-state index contributed by atoms with van der Waals surface area (Å²) in [6.07, 6.45) is 4.48. The maximum absolute atomic E-state index is 12.2. The van der Waals surface area contributed by atoms with Crippen molar-refractivity contribution in [3.05, 3.63) is 41.0 Å². The lowest BCUT2D eigenvalue weighted by Gasteiger charge is -2.16. The number of nitrogens with one attached hydrogen (secondary N) is 1. The van der Waals surface area contributed by atoms with E-state index in [0.717, 1.165) is 29.3 Å². The Hall–Kier alpha value is -1.65. The molecule has 1 aliphatic carbocycles. The number of benzene rings is 1. The van der Waals surface area contributed by atoms with Crippen LogP contribution in [-0.4, -0.2) is 23.5 Å². The van der Waals surface area contributed by atoms with Gasteiger partial charge in [-0.25, -0.2) is 0 Å². The molecule has 1 heterocycles. The lowest BCUT2D eigenvalue weighted by Crippen LogP contribution is -2.37. The van der Waals surface area contributed by atoms with Crippen LogP contribution in [0.25, 0.3) is 10.9 Å². The summed E-state index contributed by atoms with van der Waals surface area (Å²) in [5.74, 6) is -0.184. The Bertz CT molecular complexity index is 670. The van der Waals surface area contributed by atoms with Crippen molar-refractivity contribution in [2.75, 3.05) is 6.54 Å². The second kappa shape index (κ2) is 6.00. The van der Waals surface area contributed by atoms with E-state index >= 15 is 0 Å². The zero-order valence-electron chi connectivity index (χ0n) is 11.7. The number of aromatic nitrogens is 1. The molecule has 21 heavy (non-hydrogen) atoms. The van der Waals surface area contributed by atoms with E-state index in [1.165, 1.54) is 0 Å². The van der Waals surface area contributed by atoms with Gasteiger partial charge in [0.2, 0.25) is 5.91 Å². The Labute approximate surface area is 128 Å². The van der Waals surface area contributed by atoms with E-state index in [2.05, 4.69) is 10.3 Å². The standard InChI is InChI=1S/C16H18ClN3O/c17-14-6-3-10(15-13(14)2-1-7-19-15)8-11(9-18)16(21)20-12-4-5-12/h1-3,6-7,11-12H,4-5,8-9,18H2,(H,20,21). The maximum atomic E-state index is 12.2. The molecule has 110 valence electrons. The van der Waals surface area contributed by atoms with Crippen LogP contribution >= 0.6 is 11.6 Å². The van der Waals surface area contributed by atoms with E-state index in [0.29, 0.717) is 24.0 Å². The monoisotopic (exact) mass is 303 g/mol. The topological polar surface area (TPSA) is 68.0 Å². The van der Waals surface area contributed by atoms with Crippen molar-refractivity contribution in [2.24, 2.45) is 11.7 Å². The lowest BCUT2D eigenvalue weighted by atomic mass is 9.96. The molecule has 3 N–H and O–H groups in total. The third-order valence-corrected chi connectivity index (χ3v) is 4.17. The first kappa shape index (κ1) is 14.3. The molecule has 4 nitrogen and oxygen atoms in total. The molecule has 3 rings (SSSR count). The molecule has 0 spiro atoms. The van der Waals surface area contributed by atoms with Gasteiger partial charge in [0.1, 0.15) is 0 Å². The number of nitrogens with zero attached hydrogens (tertiary/aromatic N) is 1. The summed E-state index contributed by atoms with van der Waals surface area (Å²) in [5.41, 5.74) is 7.64. The SMILES string of the molecule is NCC(Cc1ccc(Cl)c2cccnc12)C(=O)NC1CC1. The number of carbonyl (C=O) groups is 1. The molecule has 0 saturated heterocycles. The fourth-order valence-electron chi connectivity index (χ4n) is 2.46. The van der Waals surface area contributed by atoms with Crippen LogP contribution in [0.5, 0.6) is 0 Å². The van der Waals surface area contributed by atoms with Gasteiger partial charge in [0, 0.05) is 29.2 Å². The van der Waals surface area contributed by atoms with Gasteiger partial charge < -0.3 is 11.1 Å². The highest BCUT2D eigenvalue weighted by molar-refractivity contribution is 6.35. The highest BCUT2D eigenvalue weighted by Crippen LogP contribution is 2.26. The quantitative estimate of drug-likeness (QED) is 0.890. The van der Waals surface area contributed by atoms with Crippen molar-refractivity contribution in [2.45, 2.75) is 25.3 Å². The fourth-order valence-corrected chi connectivity index (χ4v) is 2.67. The Morgan fingerprint density at radius 1 is 1.43 bits per heavy atom. The van der Waals surface area contributed by atoms with Crippen LogP contribution in [0.1, 0.15) is 18.4 Å². The molecule has 0 radical (unpaired) electrons. The number of hydrogen-bond donors (Lipinski definition) is 2. The number of rotatable bonds is 5. The Morgan fingerprint density at radius 3 is 2.95 bits per heavy atom. The number of amides is 1. The van der Waals surface area contributed by atoms with Crippen LogP contribution in [0.3, 0.4) is 0 Å². The average molecular weight is 304 g/mol. The summed E-state index contributed by atoms with van der Waals surface area (Å²) in [6.45, 7) is 0.329. The number of halogens is 1. The third kappa shape index (κ3) is 3.17. The first-order chi connectivity index (χ1) is 10.2. The van der Waals surface area contributed by atoms with Crippen LogP contribution in [0, 0.1) is 5.92 Å². The number of fused-ring (bicyclic) bond motifs is 1. The number of nitrogens with two attached hydrogens (primary N) is 1. The zero-order chi connectivity index (χ0) is 14.8. The fraction of sp³-hybridized carbons (Fsp3) is 0.375. The van der Waals surface area contributed by atoms with Gasteiger partial charge in [-0.15, -0.1) is 0 Å². The van der Waals surface area contributed by atoms with Crippen molar-refractivity contribution in [1.82, 2.24) is 10.3 Å². The number of carbonyl (C=O) groups excluding carboxylic acids is 1. The van der Waals surface area contributed by atoms with Gasteiger partial charge in [-0.1, -0.05) is 17.7 Å². The molecule has 0 aliphatic heterocycles. The van der Waals surface area contributed by atoms with Gasteiger partial charge >= 0.3 is 0 Å². The second-order valence-electron chi connectivity index (χ2n) is 5.53. The number of hydrogen-bond acceptors (Lipinski definition) is 3. The predicted molar refractivity (Wildman–Crippen MR) is 84.2 cm³/mol. The van der Waals surface area contributed by atoms with Crippen molar-refractivity contribution >= 4 is 28.4 Å². The van der Waals surface area contributed by atoms with Gasteiger partial charge in [-0.05, 0) is 43.0 Å². The van der Waals surface area contributed by atoms with Gasteiger partial charge in [0.05, 0.1) is 11.4 Å². The van der Waals surface area contributed by atoms with E-state index < -0.39 is 0 Å². The molecule has 1 unspecified atom stereocenters. The first-order valence-corrected chi connectivity index (χ1v) is 7.59. The van der Waals surface area contributed by atoms with Gasteiger partial charge in [0.15, 0.2) is 0 Å². The van der Waals surface area contributed by atoms with Crippen LogP contribution in [-0.2, 0) is 11.2 Å². The summed E-state index contributed by atoms with van der Waals surface area (Å²) >= 11 is 6.20. The molecular formula is C16H18ClN3O. The molecule has 1 aliphatic rings. The van der Waals surface area contributed by atoms with Gasteiger partial charge in [-0.2, -0.15) is 0 Å². The summed E-state index contributed by atoms with van der Waals surface area (Å²) in [4.78, 5) is 16.6. The van der Waals surface area contributed by atoms with Crippen LogP contribution in [0.4, 0.5) is 0 Å². The summed E-state index contributed by atoms with van der Waals surface area (Å²) < 4.78 is 0. The van der Waals surface area contributed by atoms with E-state index in [9.17, 15) is 4.79 Å². The van der Waals surface area contributed by atoms with Gasteiger partial charge in [0.25, 0.3) is 0 Å². The lowest BCUT2D eigenvalue weighted by molar-refractivity contribution is -0.124. The molecule has 0 bridgehead atoms. The molecule has 5 heteroatoms. The highest BCUT2D eigenvalue weighted by atomic mass is 35.5. The van der Waals surface area contributed by atoms with Crippen LogP contribution in [0.15, 0.2) is 30.5 Å². The molecule has 1 amide bonds. The minimum atomic E-state index is -0.225. The van der Waals surface area contributed by atoms with Gasteiger partial charge in [-0.3, -0.25) is 9.78 Å². The smallest absolute Gasteiger partial charge is 0.224 e. The van der Waals surface area contributed by atoms with Crippen molar-refractivity contribution < 1.29 is 4.79 Å². The molecule has 1 atom stereocenters. The minimum absolute atomic E-state index is 0.0408. The predicted octanol–water partition coefficient (Wildman–Crippen LogP) is 2.28. The molecule has 1 fully saturated rings. The van der Waals surface area contributed by atoms with E-state index in [-0.39, 0.29) is 11.8 Å².